The minimum Gasteiger partial charge on any atom is -0.694 e. The monoisotopic (exact) mass is 270 g/mol. The van der Waals surface area contributed by atoms with Crippen molar-refractivity contribution in [1.82, 2.24) is 0 Å². The molecule has 0 bridgehead atoms. The van der Waals surface area contributed by atoms with Crippen molar-refractivity contribution in [3.8, 4) is 5.92 Å². The van der Waals surface area contributed by atoms with Crippen LogP contribution in [0.1, 0.15) is 6.92 Å². The minimum atomic E-state index is 0. The van der Waals surface area contributed by atoms with Crippen molar-refractivity contribution in [2.45, 2.75) is 6.92 Å². The third-order valence-corrected chi connectivity index (χ3v) is 0. The molecule has 0 rings (SSSR count). The maximum absolute atomic E-state index is 5.96. The van der Waals surface area contributed by atoms with E-state index in [0.717, 1.165) is 0 Å². The van der Waals surface area contributed by atoms with E-state index in [4.69, 9.17) is 6.42 Å². The van der Waals surface area contributed by atoms with Crippen LogP contribution in [0.15, 0.2) is 0 Å². The van der Waals surface area contributed by atoms with Crippen LogP contribution in [-0.4, -0.2) is 0 Å². The predicted octanol–water partition coefficient (Wildman–Crippen LogP) is 0.652. The molecule has 0 amide bonds. The van der Waals surface area contributed by atoms with Gasteiger partial charge in [0.1, 0.15) is 0 Å². The summed E-state index contributed by atoms with van der Waals surface area (Å²) in [6, 6.07) is 0. The van der Waals surface area contributed by atoms with Gasteiger partial charge in [0.25, 0.3) is 0 Å². The average Bonchev–Trinajstić information content (AvgIpc) is 0.918. The van der Waals surface area contributed by atoms with Crippen molar-refractivity contribution in [1.29, 1.82) is 0 Å². The fourth-order valence-corrected chi connectivity index (χ4v) is 0. The standard InChI is InChI=1S/C3H3.Au.H3P/c1-3-2;;/h1H3;;1H3/q-1;+1;. The van der Waals surface area contributed by atoms with E-state index < -0.39 is 0 Å². The Hall–Kier alpha value is 0.730. The van der Waals surface area contributed by atoms with Gasteiger partial charge in [-0.25, -0.2) is 0 Å². The molecule has 0 spiro atoms. The normalized spacial score (nSPS) is 1.60. The molecule has 1 unspecified atom stereocenters. The molecular weight excluding hydrogens is 264 g/mol. The van der Waals surface area contributed by atoms with Crippen molar-refractivity contribution >= 4 is 9.90 Å². The third kappa shape index (κ3) is 66.1. The van der Waals surface area contributed by atoms with Crippen LogP contribution in [0.3, 0.4) is 0 Å². The molecule has 0 heterocycles. The van der Waals surface area contributed by atoms with Gasteiger partial charge in [-0.1, -0.05) is 0 Å². The number of hydrogen-bond donors (Lipinski definition) is 0. The molecule has 1 atom stereocenters. The molecule has 0 nitrogen and oxygen atoms in total. The van der Waals surface area contributed by atoms with Crippen LogP contribution in [0, 0.1) is 12.3 Å². The largest absolute Gasteiger partial charge is 1.00 e. The average molecular weight is 270 g/mol. The molecule has 0 aliphatic rings. The van der Waals surface area contributed by atoms with Gasteiger partial charge in [-0.2, -0.15) is 9.90 Å². The van der Waals surface area contributed by atoms with E-state index in [0.29, 0.717) is 0 Å². The molecule has 0 aliphatic heterocycles. The maximum Gasteiger partial charge on any atom is 1.00 e. The molecule has 0 aliphatic carbocycles. The molecule has 0 aromatic heterocycles. The number of rotatable bonds is 0. The molecule has 2 heteroatoms. The summed E-state index contributed by atoms with van der Waals surface area (Å²) in [5, 5.41) is 0. The van der Waals surface area contributed by atoms with Crippen LogP contribution in [0.5, 0.6) is 0 Å². The quantitative estimate of drug-likeness (QED) is 0.262. The van der Waals surface area contributed by atoms with E-state index in [2.05, 4.69) is 0 Å². The molecule has 0 aromatic rings. The second-order valence-electron chi connectivity index (χ2n) is 0.250. The zero-order valence-corrected chi connectivity index (χ0v) is 6.59. The van der Waals surface area contributed by atoms with Gasteiger partial charge in [0, 0.05) is 0 Å². The van der Waals surface area contributed by atoms with Crippen molar-refractivity contribution in [3.05, 3.63) is 6.42 Å². The van der Waals surface area contributed by atoms with Gasteiger partial charge in [0.2, 0.25) is 0 Å². The molecule has 0 saturated carbocycles. The summed E-state index contributed by atoms with van der Waals surface area (Å²) in [4.78, 5) is 0. The maximum atomic E-state index is 5.96. The predicted molar refractivity (Wildman–Crippen MR) is 23.9 cm³/mol. The SMILES string of the molecule is P.[Au+].[C-]#CC. The molecule has 0 radical (unpaired) electrons. The van der Waals surface area contributed by atoms with Gasteiger partial charge in [-0.3, -0.25) is 0 Å². The zero-order valence-electron chi connectivity index (χ0n) is 3.01. The van der Waals surface area contributed by atoms with Crippen LogP contribution in [0.25, 0.3) is 0 Å². The van der Waals surface area contributed by atoms with Crippen LogP contribution in [0.4, 0.5) is 0 Å². The molecule has 34 valence electrons. The van der Waals surface area contributed by atoms with Gasteiger partial charge in [0.05, 0.1) is 0 Å². The van der Waals surface area contributed by atoms with Gasteiger partial charge >= 0.3 is 22.4 Å². The Morgan fingerprint density at radius 2 is 1.60 bits per heavy atom. The Morgan fingerprint density at radius 3 is 1.60 bits per heavy atom. The summed E-state index contributed by atoms with van der Waals surface area (Å²) >= 11 is 0. The first-order valence-electron chi connectivity index (χ1n) is 0.750. The summed E-state index contributed by atoms with van der Waals surface area (Å²) in [6.45, 7) is 1.54. The van der Waals surface area contributed by atoms with Crippen LogP contribution >= 0.6 is 9.90 Å². The molecule has 0 fully saturated rings. The van der Waals surface area contributed by atoms with Gasteiger partial charge in [-0.15, -0.1) is 0 Å². The van der Waals surface area contributed by atoms with Crippen LogP contribution in [0.2, 0.25) is 0 Å². The Balaban J connectivity index is -0.0000000200. The number of hydrogen-bond acceptors (Lipinski definition) is 0. The topological polar surface area (TPSA) is 0 Å². The molecule has 0 N–H and O–H groups in total. The van der Waals surface area contributed by atoms with Crippen molar-refractivity contribution in [3.63, 3.8) is 0 Å². The second kappa shape index (κ2) is 22.0. The Labute approximate surface area is 51.9 Å². The van der Waals surface area contributed by atoms with Crippen molar-refractivity contribution in [2.75, 3.05) is 0 Å². The first kappa shape index (κ1) is 17.2. The fraction of sp³-hybridized carbons (Fsp3) is 0.333. The molecule has 5 heavy (non-hydrogen) atoms. The molecule has 0 saturated heterocycles. The molecule has 0 aromatic carbocycles. The van der Waals surface area contributed by atoms with E-state index in [1.54, 1.807) is 6.92 Å². The van der Waals surface area contributed by atoms with Gasteiger partial charge in [0.15, 0.2) is 0 Å². The van der Waals surface area contributed by atoms with Crippen molar-refractivity contribution < 1.29 is 22.4 Å². The minimum absolute atomic E-state index is 0. The van der Waals surface area contributed by atoms with Crippen molar-refractivity contribution in [2.24, 2.45) is 0 Å². The first-order chi connectivity index (χ1) is 1.41. The van der Waals surface area contributed by atoms with E-state index >= 15 is 0 Å². The van der Waals surface area contributed by atoms with Gasteiger partial charge < -0.3 is 12.3 Å². The van der Waals surface area contributed by atoms with E-state index in [1.807, 2.05) is 5.92 Å². The first-order valence-corrected chi connectivity index (χ1v) is 0.750. The second-order valence-corrected chi connectivity index (χ2v) is 0.250. The molecular formula is C3H6AuP. The Morgan fingerprint density at radius 1 is 1.60 bits per heavy atom. The third-order valence-electron chi connectivity index (χ3n) is 0. The van der Waals surface area contributed by atoms with E-state index in [9.17, 15) is 0 Å². The smallest absolute Gasteiger partial charge is 0.694 e. The zero-order chi connectivity index (χ0) is 2.71. The Bertz CT molecular complexity index is 28.4. The van der Waals surface area contributed by atoms with Crippen LogP contribution < -0.4 is 0 Å². The van der Waals surface area contributed by atoms with E-state index in [-0.39, 0.29) is 32.3 Å². The summed E-state index contributed by atoms with van der Waals surface area (Å²) in [6.07, 6.45) is 5.96. The fourth-order valence-electron chi connectivity index (χ4n) is 0. The van der Waals surface area contributed by atoms with Gasteiger partial charge in [-0.05, 0) is 6.92 Å². The van der Waals surface area contributed by atoms with Crippen LogP contribution in [-0.2, 0) is 22.4 Å². The summed E-state index contributed by atoms with van der Waals surface area (Å²) < 4.78 is 0. The Kier molecular flexibility index (Phi) is 75.6. The summed E-state index contributed by atoms with van der Waals surface area (Å²) in [7, 11) is 0. The summed E-state index contributed by atoms with van der Waals surface area (Å²) in [5.74, 6) is 2.00. The summed E-state index contributed by atoms with van der Waals surface area (Å²) in [5.41, 5.74) is 0. The van der Waals surface area contributed by atoms with E-state index in [1.165, 1.54) is 0 Å².